The molecule has 0 aliphatic heterocycles. The number of fused-ring (bicyclic) bond motifs is 1. The van der Waals surface area contributed by atoms with Crippen molar-refractivity contribution < 1.29 is 14.3 Å². The monoisotopic (exact) mass is 400 g/mol. The van der Waals surface area contributed by atoms with E-state index in [9.17, 15) is 4.79 Å². The van der Waals surface area contributed by atoms with Gasteiger partial charge in [-0.2, -0.15) is 0 Å². The van der Waals surface area contributed by atoms with Crippen molar-refractivity contribution in [3.63, 3.8) is 0 Å². The van der Waals surface area contributed by atoms with Gasteiger partial charge < -0.3 is 14.8 Å². The van der Waals surface area contributed by atoms with E-state index in [1.807, 2.05) is 43.3 Å². The number of aryl methyl sites for hydroxylation is 1. The Morgan fingerprint density at radius 2 is 1.96 bits per heavy atom. The second-order valence-corrected chi connectivity index (χ2v) is 6.38. The fraction of sp³-hybridized carbons (Fsp3) is 0.158. The lowest BCUT2D eigenvalue weighted by Gasteiger charge is -2.12. The van der Waals surface area contributed by atoms with Gasteiger partial charge in [0.2, 0.25) is 0 Å². The number of pyridine rings is 1. The molecule has 2 aromatic carbocycles. The minimum atomic E-state index is -0.262. The predicted molar refractivity (Wildman–Crippen MR) is 101 cm³/mol. The fourth-order valence-electron chi connectivity index (χ4n) is 2.49. The average Bonchev–Trinajstić information content (AvgIpc) is 2.60. The first kappa shape index (κ1) is 17.2. The van der Waals surface area contributed by atoms with Gasteiger partial charge in [-0.3, -0.25) is 9.78 Å². The third-order valence-corrected chi connectivity index (χ3v) is 4.09. The molecule has 0 spiro atoms. The molecule has 5 nitrogen and oxygen atoms in total. The van der Waals surface area contributed by atoms with Gasteiger partial charge in [-0.05, 0) is 37.3 Å². The van der Waals surface area contributed by atoms with E-state index >= 15 is 0 Å². The molecule has 0 saturated heterocycles. The predicted octanol–water partition coefficient (Wildman–Crippen LogP) is 4.33. The van der Waals surface area contributed by atoms with E-state index in [4.69, 9.17) is 9.47 Å². The van der Waals surface area contributed by atoms with Crippen LogP contribution in [0.25, 0.3) is 10.9 Å². The van der Waals surface area contributed by atoms with Gasteiger partial charge in [0, 0.05) is 21.6 Å². The van der Waals surface area contributed by atoms with Crippen LogP contribution < -0.4 is 14.8 Å². The Morgan fingerprint density at radius 1 is 1.16 bits per heavy atom. The summed E-state index contributed by atoms with van der Waals surface area (Å²) >= 11 is 3.45. The number of hydrogen-bond acceptors (Lipinski definition) is 4. The van der Waals surface area contributed by atoms with Crippen LogP contribution in [0.3, 0.4) is 0 Å². The topological polar surface area (TPSA) is 60.5 Å². The fourth-order valence-corrected chi connectivity index (χ4v) is 2.85. The number of anilines is 1. The van der Waals surface area contributed by atoms with Crippen LogP contribution in [0, 0.1) is 6.92 Å². The number of halogens is 1. The maximum atomic E-state index is 12.2. The minimum absolute atomic E-state index is 0.108. The largest absolute Gasteiger partial charge is 0.495 e. The SMILES string of the molecule is COc1ccccc1NC(=O)COc1cc(C)nc2ccc(Br)cc12. The van der Waals surface area contributed by atoms with Gasteiger partial charge in [0.05, 0.1) is 18.3 Å². The summed E-state index contributed by atoms with van der Waals surface area (Å²) in [6.45, 7) is 1.78. The van der Waals surface area contributed by atoms with E-state index in [0.717, 1.165) is 21.1 Å². The summed E-state index contributed by atoms with van der Waals surface area (Å²) in [6.07, 6.45) is 0. The molecule has 0 fully saturated rings. The molecule has 0 aliphatic rings. The molecule has 3 rings (SSSR count). The first-order valence-corrected chi connectivity index (χ1v) is 8.48. The highest BCUT2D eigenvalue weighted by Gasteiger charge is 2.10. The number of amides is 1. The van der Waals surface area contributed by atoms with Crippen LogP contribution in [-0.2, 0) is 4.79 Å². The number of aromatic nitrogens is 1. The van der Waals surface area contributed by atoms with Crippen molar-refractivity contribution in [1.82, 2.24) is 4.98 Å². The number of nitrogens with one attached hydrogen (secondary N) is 1. The lowest BCUT2D eigenvalue weighted by Crippen LogP contribution is -2.20. The Morgan fingerprint density at radius 3 is 2.76 bits per heavy atom. The van der Waals surface area contributed by atoms with E-state index < -0.39 is 0 Å². The number of rotatable bonds is 5. The van der Waals surface area contributed by atoms with Gasteiger partial charge in [-0.25, -0.2) is 0 Å². The molecule has 25 heavy (non-hydrogen) atoms. The van der Waals surface area contributed by atoms with Crippen LogP contribution in [0.4, 0.5) is 5.69 Å². The van der Waals surface area contributed by atoms with Gasteiger partial charge in [0.15, 0.2) is 6.61 Å². The van der Waals surface area contributed by atoms with Gasteiger partial charge >= 0.3 is 0 Å². The molecule has 128 valence electrons. The Balaban J connectivity index is 1.76. The summed E-state index contributed by atoms with van der Waals surface area (Å²) in [5.41, 5.74) is 2.26. The molecule has 1 N–H and O–H groups in total. The Hall–Kier alpha value is -2.60. The molecular formula is C19H17BrN2O3. The van der Waals surface area contributed by atoms with Crippen LogP contribution in [-0.4, -0.2) is 24.6 Å². The van der Waals surface area contributed by atoms with Crippen molar-refractivity contribution in [2.75, 3.05) is 19.0 Å². The lowest BCUT2D eigenvalue weighted by atomic mass is 10.2. The highest BCUT2D eigenvalue weighted by molar-refractivity contribution is 9.10. The Kier molecular flexibility index (Phi) is 5.19. The van der Waals surface area contributed by atoms with Crippen LogP contribution in [0.5, 0.6) is 11.5 Å². The van der Waals surface area contributed by atoms with Gasteiger partial charge in [0.1, 0.15) is 11.5 Å². The van der Waals surface area contributed by atoms with Crippen LogP contribution in [0.1, 0.15) is 5.69 Å². The van der Waals surface area contributed by atoms with E-state index in [1.165, 1.54) is 0 Å². The molecule has 0 atom stereocenters. The Bertz CT molecular complexity index is 928. The maximum absolute atomic E-state index is 12.2. The number of para-hydroxylation sites is 2. The number of nitrogens with zero attached hydrogens (tertiary/aromatic N) is 1. The first-order valence-electron chi connectivity index (χ1n) is 7.69. The maximum Gasteiger partial charge on any atom is 0.262 e. The first-order chi connectivity index (χ1) is 12.1. The van der Waals surface area contributed by atoms with Crippen LogP contribution in [0.2, 0.25) is 0 Å². The van der Waals surface area contributed by atoms with Crippen molar-refractivity contribution in [3.8, 4) is 11.5 Å². The quantitative estimate of drug-likeness (QED) is 0.692. The number of ether oxygens (including phenoxy) is 2. The van der Waals surface area contributed by atoms with Crippen molar-refractivity contribution in [3.05, 3.63) is 58.7 Å². The molecule has 0 radical (unpaired) electrons. The molecule has 0 aliphatic carbocycles. The smallest absolute Gasteiger partial charge is 0.262 e. The summed E-state index contributed by atoms with van der Waals surface area (Å²) in [5.74, 6) is 0.964. The molecule has 0 unspecified atom stereocenters. The normalized spacial score (nSPS) is 10.5. The highest BCUT2D eigenvalue weighted by Crippen LogP contribution is 2.28. The van der Waals surface area contributed by atoms with Gasteiger partial charge in [-0.1, -0.05) is 28.1 Å². The second-order valence-electron chi connectivity index (χ2n) is 5.46. The highest BCUT2D eigenvalue weighted by atomic mass is 79.9. The van der Waals surface area contributed by atoms with E-state index in [1.54, 1.807) is 19.2 Å². The zero-order valence-corrected chi connectivity index (χ0v) is 15.5. The molecule has 3 aromatic rings. The Labute approximate surface area is 154 Å². The summed E-state index contributed by atoms with van der Waals surface area (Å²) in [6, 6.07) is 14.8. The zero-order valence-electron chi connectivity index (χ0n) is 13.9. The number of carbonyl (C=O) groups is 1. The number of hydrogen-bond donors (Lipinski definition) is 1. The molecule has 1 amide bonds. The molecule has 0 bridgehead atoms. The van der Waals surface area contributed by atoms with Gasteiger partial charge in [-0.15, -0.1) is 0 Å². The summed E-state index contributed by atoms with van der Waals surface area (Å²) < 4.78 is 11.9. The third-order valence-electron chi connectivity index (χ3n) is 3.60. The van der Waals surface area contributed by atoms with Crippen molar-refractivity contribution in [1.29, 1.82) is 0 Å². The van der Waals surface area contributed by atoms with Crippen LogP contribution in [0.15, 0.2) is 53.0 Å². The molecular weight excluding hydrogens is 384 g/mol. The summed E-state index contributed by atoms with van der Waals surface area (Å²) in [4.78, 5) is 16.7. The third kappa shape index (κ3) is 4.09. The number of methoxy groups -OCH3 is 1. The van der Waals surface area contributed by atoms with E-state index in [-0.39, 0.29) is 12.5 Å². The van der Waals surface area contributed by atoms with E-state index in [0.29, 0.717) is 17.2 Å². The lowest BCUT2D eigenvalue weighted by molar-refractivity contribution is -0.118. The van der Waals surface area contributed by atoms with Crippen molar-refractivity contribution >= 4 is 38.4 Å². The van der Waals surface area contributed by atoms with E-state index in [2.05, 4.69) is 26.2 Å². The number of benzene rings is 2. The minimum Gasteiger partial charge on any atom is -0.495 e. The summed E-state index contributed by atoms with van der Waals surface area (Å²) in [5, 5.41) is 3.64. The average molecular weight is 401 g/mol. The second kappa shape index (κ2) is 7.53. The number of carbonyl (C=O) groups excluding carboxylic acids is 1. The summed E-state index contributed by atoms with van der Waals surface area (Å²) in [7, 11) is 1.56. The van der Waals surface area contributed by atoms with Gasteiger partial charge in [0.25, 0.3) is 5.91 Å². The molecule has 1 heterocycles. The van der Waals surface area contributed by atoms with Crippen molar-refractivity contribution in [2.45, 2.75) is 6.92 Å². The molecule has 1 aromatic heterocycles. The van der Waals surface area contributed by atoms with Crippen LogP contribution >= 0.6 is 15.9 Å². The zero-order chi connectivity index (χ0) is 17.8. The molecule has 0 saturated carbocycles. The standard InChI is InChI=1S/C19H17BrN2O3/c1-12-9-18(14-10-13(20)7-8-15(14)21-12)25-11-19(23)22-16-5-3-4-6-17(16)24-2/h3-10H,11H2,1-2H3,(H,22,23). The molecule has 6 heteroatoms. The van der Waals surface area contributed by atoms with Crippen molar-refractivity contribution in [2.24, 2.45) is 0 Å².